The zero-order chi connectivity index (χ0) is 16.9. The fraction of sp³-hybridized carbons (Fsp3) is 0.444. The molecule has 0 saturated carbocycles. The van der Waals surface area contributed by atoms with E-state index in [1.807, 2.05) is 49.8 Å². The molecule has 1 amide bonds. The number of benzene rings is 1. The minimum Gasteiger partial charge on any atom is -0.367 e. The van der Waals surface area contributed by atoms with Gasteiger partial charge in [0.2, 0.25) is 5.91 Å². The van der Waals surface area contributed by atoms with E-state index in [0.29, 0.717) is 6.42 Å². The average Bonchev–Trinajstić information content (AvgIpc) is 3.02. The van der Waals surface area contributed by atoms with Gasteiger partial charge in [-0.3, -0.25) is 9.48 Å². The van der Waals surface area contributed by atoms with Crippen molar-refractivity contribution in [3.05, 3.63) is 48.3 Å². The zero-order valence-electron chi connectivity index (χ0n) is 14.1. The van der Waals surface area contributed by atoms with Crippen LogP contribution in [0.3, 0.4) is 0 Å². The molecule has 2 heterocycles. The highest BCUT2D eigenvalue weighted by Crippen LogP contribution is 2.19. The van der Waals surface area contributed by atoms with Crippen LogP contribution in [0.4, 0.5) is 5.69 Å². The lowest BCUT2D eigenvalue weighted by molar-refractivity contribution is -0.123. The third-order valence-corrected chi connectivity index (χ3v) is 4.46. The van der Waals surface area contributed by atoms with Crippen LogP contribution < -0.4 is 16.0 Å². The molecule has 1 saturated heterocycles. The lowest BCUT2D eigenvalue weighted by Gasteiger charge is -2.34. The second-order valence-electron chi connectivity index (χ2n) is 6.46. The van der Waals surface area contributed by atoms with Gasteiger partial charge in [-0.05, 0) is 24.8 Å². The molecule has 1 aromatic carbocycles. The average molecular weight is 327 g/mol. The number of hydrogen-bond donors (Lipinski definition) is 2. The van der Waals surface area contributed by atoms with Crippen LogP contribution >= 0.6 is 0 Å². The van der Waals surface area contributed by atoms with Gasteiger partial charge in [0.05, 0.1) is 17.9 Å². The molecule has 24 heavy (non-hydrogen) atoms. The molecule has 1 aliphatic heterocycles. The molecule has 1 fully saturated rings. The summed E-state index contributed by atoms with van der Waals surface area (Å²) in [5.74, 6) is -0.0723. The van der Waals surface area contributed by atoms with Crippen LogP contribution in [0.1, 0.15) is 18.4 Å². The second kappa shape index (κ2) is 7.49. The van der Waals surface area contributed by atoms with Gasteiger partial charge in [-0.25, -0.2) is 0 Å². The van der Waals surface area contributed by atoms with Crippen molar-refractivity contribution >= 4 is 11.6 Å². The first kappa shape index (κ1) is 16.5. The van der Waals surface area contributed by atoms with Crippen molar-refractivity contribution in [2.75, 3.05) is 18.0 Å². The molecule has 2 unspecified atom stereocenters. The van der Waals surface area contributed by atoms with E-state index in [1.54, 1.807) is 4.68 Å². The molecule has 6 nitrogen and oxygen atoms in total. The molecular formula is C18H25N5O. The quantitative estimate of drug-likeness (QED) is 0.861. The van der Waals surface area contributed by atoms with E-state index in [4.69, 9.17) is 5.73 Å². The highest BCUT2D eigenvalue weighted by molar-refractivity contribution is 5.82. The maximum atomic E-state index is 12.4. The van der Waals surface area contributed by atoms with Crippen LogP contribution in [-0.2, 0) is 18.3 Å². The van der Waals surface area contributed by atoms with Gasteiger partial charge in [-0.2, -0.15) is 5.10 Å². The maximum absolute atomic E-state index is 12.4. The van der Waals surface area contributed by atoms with E-state index in [-0.39, 0.29) is 11.9 Å². The van der Waals surface area contributed by atoms with Crippen LogP contribution in [-0.4, -0.2) is 40.9 Å². The van der Waals surface area contributed by atoms with E-state index < -0.39 is 6.04 Å². The van der Waals surface area contributed by atoms with Crippen LogP contribution in [0.25, 0.3) is 0 Å². The monoisotopic (exact) mass is 327 g/mol. The Balaban J connectivity index is 1.53. The molecule has 1 aromatic heterocycles. The zero-order valence-corrected chi connectivity index (χ0v) is 14.1. The Morgan fingerprint density at radius 1 is 1.42 bits per heavy atom. The summed E-state index contributed by atoms with van der Waals surface area (Å²) in [7, 11) is 1.91. The third-order valence-electron chi connectivity index (χ3n) is 4.46. The molecule has 0 radical (unpaired) electrons. The number of amides is 1. The van der Waals surface area contributed by atoms with Gasteiger partial charge in [0.15, 0.2) is 0 Å². The maximum Gasteiger partial charge on any atom is 0.237 e. The summed E-state index contributed by atoms with van der Waals surface area (Å²) in [5, 5.41) is 7.33. The number of carbonyl (C=O) groups is 1. The van der Waals surface area contributed by atoms with Gasteiger partial charge in [0, 0.05) is 32.4 Å². The first-order valence-corrected chi connectivity index (χ1v) is 8.45. The van der Waals surface area contributed by atoms with Crippen LogP contribution in [0.5, 0.6) is 0 Å². The normalized spacial score (nSPS) is 19.1. The summed E-state index contributed by atoms with van der Waals surface area (Å²) in [5.41, 5.74) is 8.26. The molecule has 1 aliphatic rings. The molecule has 0 spiro atoms. The molecule has 2 aromatic rings. The number of nitrogens with zero attached hydrogens (tertiary/aromatic N) is 3. The van der Waals surface area contributed by atoms with Gasteiger partial charge in [-0.15, -0.1) is 0 Å². The SMILES string of the molecule is Cn1cc(N2CCCC(NC(=O)C(N)Cc3ccccc3)C2)cn1. The first-order valence-electron chi connectivity index (χ1n) is 8.45. The molecule has 0 aliphatic carbocycles. The number of hydrogen-bond acceptors (Lipinski definition) is 4. The van der Waals surface area contributed by atoms with Crippen LogP contribution in [0, 0.1) is 0 Å². The Labute approximate surface area is 142 Å². The van der Waals surface area contributed by atoms with Gasteiger partial charge in [-0.1, -0.05) is 30.3 Å². The topological polar surface area (TPSA) is 76.2 Å². The largest absolute Gasteiger partial charge is 0.367 e. The molecule has 3 rings (SSSR count). The summed E-state index contributed by atoms with van der Waals surface area (Å²) in [6, 6.07) is 9.51. The van der Waals surface area contributed by atoms with Crippen LogP contribution in [0.2, 0.25) is 0 Å². The van der Waals surface area contributed by atoms with Crippen LogP contribution in [0.15, 0.2) is 42.7 Å². The van der Waals surface area contributed by atoms with Crippen molar-refractivity contribution < 1.29 is 4.79 Å². The lowest BCUT2D eigenvalue weighted by Crippen LogP contribution is -2.52. The Bertz CT molecular complexity index is 669. The summed E-state index contributed by atoms with van der Waals surface area (Å²) in [4.78, 5) is 14.7. The standard InChI is InChI=1S/C18H25N5O/c1-22-13-16(11-20-22)23-9-5-8-15(12-23)21-18(24)17(19)10-14-6-3-2-4-7-14/h2-4,6-7,11,13,15,17H,5,8-10,12,19H2,1H3,(H,21,24). The second-order valence-corrected chi connectivity index (χ2v) is 6.46. The van der Waals surface area contributed by atoms with Crippen molar-refractivity contribution in [3.63, 3.8) is 0 Å². The Morgan fingerprint density at radius 2 is 2.21 bits per heavy atom. The van der Waals surface area contributed by atoms with E-state index in [9.17, 15) is 4.79 Å². The first-order chi connectivity index (χ1) is 11.6. The van der Waals surface area contributed by atoms with Crippen molar-refractivity contribution in [2.24, 2.45) is 12.8 Å². The van der Waals surface area contributed by atoms with E-state index in [1.165, 1.54) is 0 Å². The summed E-state index contributed by atoms with van der Waals surface area (Å²) >= 11 is 0. The van der Waals surface area contributed by atoms with Crippen molar-refractivity contribution in [1.82, 2.24) is 15.1 Å². The minimum atomic E-state index is -0.513. The molecule has 2 atom stereocenters. The van der Waals surface area contributed by atoms with Gasteiger partial charge in [0.1, 0.15) is 0 Å². The van der Waals surface area contributed by atoms with Gasteiger partial charge < -0.3 is 16.0 Å². The predicted molar refractivity (Wildman–Crippen MR) is 94.7 cm³/mol. The van der Waals surface area contributed by atoms with Gasteiger partial charge >= 0.3 is 0 Å². The highest BCUT2D eigenvalue weighted by Gasteiger charge is 2.24. The number of aryl methyl sites for hydroxylation is 1. The Morgan fingerprint density at radius 3 is 2.92 bits per heavy atom. The Kier molecular flexibility index (Phi) is 5.15. The molecule has 128 valence electrons. The third kappa shape index (κ3) is 4.14. The van der Waals surface area contributed by atoms with Crippen molar-refractivity contribution in [2.45, 2.75) is 31.3 Å². The summed E-state index contributed by atoms with van der Waals surface area (Å²) < 4.78 is 1.80. The van der Waals surface area contributed by atoms with E-state index >= 15 is 0 Å². The number of nitrogens with one attached hydrogen (secondary N) is 1. The number of rotatable bonds is 5. The van der Waals surface area contributed by atoms with Crippen molar-refractivity contribution in [1.29, 1.82) is 0 Å². The van der Waals surface area contributed by atoms with E-state index in [2.05, 4.69) is 15.3 Å². The fourth-order valence-corrected chi connectivity index (χ4v) is 3.17. The number of carbonyl (C=O) groups excluding carboxylic acids is 1. The number of nitrogens with two attached hydrogens (primary N) is 1. The van der Waals surface area contributed by atoms with Crippen molar-refractivity contribution in [3.8, 4) is 0 Å². The van der Waals surface area contributed by atoms with Gasteiger partial charge in [0.25, 0.3) is 0 Å². The van der Waals surface area contributed by atoms with E-state index in [0.717, 1.165) is 37.2 Å². The summed E-state index contributed by atoms with van der Waals surface area (Å²) in [6.45, 7) is 1.80. The number of aromatic nitrogens is 2. The molecular weight excluding hydrogens is 302 g/mol. The molecule has 0 bridgehead atoms. The Hall–Kier alpha value is -2.34. The lowest BCUT2D eigenvalue weighted by atomic mass is 10.0. The molecule has 6 heteroatoms. The fourth-order valence-electron chi connectivity index (χ4n) is 3.17. The highest BCUT2D eigenvalue weighted by atomic mass is 16.2. The smallest absolute Gasteiger partial charge is 0.237 e. The minimum absolute atomic E-state index is 0.0723. The number of anilines is 1. The molecule has 3 N–H and O–H groups in total. The predicted octanol–water partition coefficient (Wildman–Crippen LogP) is 1.08. The summed E-state index contributed by atoms with van der Waals surface area (Å²) in [6.07, 6.45) is 6.47. The number of piperidine rings is 1.